The Balaban J connectivity index is 0.00000261. The number of nitrogens with one attached hydrogen (secondary N) is 2. The van der Waals surface area contributed by atoms with Crippen LogP contribution >= 0.6 is 35.3 Å². The van der Waals surface area contributed by atoms with Crippen molar-refractivity contribution in [2.24, 2.45) is 12.0 Å². The quantitative estimate of drug-likeness (QED) is 0.300. The normalized spacial score (nSPS) is 11.1. The second-order valence-corrected chi connectivity index (χ2v) is 7.01. The van der Waals surface area contributed by atoms with Crippen molar-refractivity contribution in [3.05, 3.63) is 69.9 Å². The van der Waals surface area contributed by atoms with Gasteiger partial charge in [-0.05, 0) is 30.4 Å². The summed E-state index contributed by atoms with van der Waals surface area (Å²) in [5, 5.41) is 17.2. The first-order valence-corrected chi connectivity index (χ1v) is 9.53. The summed E-state index contributed by atoms with van der Waals surface area (Å²) in [7, 11) is 1.96. The molecule has 8 heteroatoms. The number of rotatable bonds is 7. The van der Waals surface area contributed by atoms with Gasteiger partial charge in [0.1, 0.15) is 12.4 Å². The summed E-state index contributed by atoms with van der Waals surface area (Å²) in [5.41, 5.74) is 1.31. The third kappa shape index (κ3) is 6.62. The highest BCUT2D eigenvalue weighted by Gasteiger charge is 2.05. The van der Waals surface area contributed by atoms with E-state index >= 15 is 0 Å². The Bertz CT molecular complexity index is 829. The molecule has 0 aliphatic carbocycles. The molecule has 27 heavy (non-hydrogen) atoms. The van der Waals surface area contributed by atoms with Gasteiger partial charge in [-0.3, -0.25) is 0 Å². The molecule has 0 fully saturated rings. The second-order valence-electron chi connectivity index (χ2n) is 5.98. The van der Waals surface area contributed by atoms with Crippen molar-refractivity contribution in [3.8, 4) is 0 Å². The maximum atomic E-state index is 4.67. The minimum Gasteiger partial charge on any atom is -0.356 e. The molecule has 0 unspecified atom stereocenters. The lowest BCUT2D eigenvalue weighted by Crippen LogP contribution is -2.38. The Morgan fingerprint density at radius 2 is 1.93 bits per heavy atom. The molecule has 0 amide bonds. The summed E-state index contributed by atoms with van der Waals surface area (Å²) in [4.78, 5) is 5.95. The highest BCUT2D eigenvalue weighted by atomic mass is 127. The van der Waals surface area contributed by atoms with E-state index in [9.17, 15) is 0 Å². The Morgan fingerprint density at radius 3 is 2.59 bits per heavy atom. The van der Waals surface area contributed by atoms with Gasteiger partial charge in [-0.15, -0.1) is 45.5 Å². The average Bonchev–Trinajstić information content (AvgIpc) is 3.29. The van der Waals surface area contributed by atoms with E-state index in [4.69, 9.17) is 0 Å². The molecule has 0 saturated heterocycles. The first-order valence-electron chi connectivity index (χ1n) is 8.66. The highest BCUT2D eigenvalue weighted by Crippen LogP contribution is 2.07. The van der Waals surface area contributed by atoms with E-state index in [1.54, 1.807) is 11.3 Å². The minimum atomic E-state index is 0. The van der Waals surface area contributed by atoms with Crippen LogP contribution in [0.1, 0.15) is 22.1 Å². The SMILES string of the molecule is Cc1nnc(CN=C(NCCc2ccccc2)NCc2cccs2)n1C.I. The van der Waals surface area contributed by atoms with Crippen molar-refractivity contribution in [2.75, 3.05) is 6.54 Å². The molecule has 1 aromatic carbocycles. The first kappa shape index (κ1) is 21.4. The average molecular weight is 496 g/mol. The molecule has 6 nitrogen and oxygen atoms in total. The molecule has 144 valence electrons. The summed E-state index contributed by atoms with van der Waals surface area (Å²) >= 11 is 1.73. The van der Waals surface area contributed by atoms with E-state index in [1.165, 1.54) is 10.4 Å². The van der Waals surface area contributed by atoms with Crippen LogP contribution in [0, 0.1) is 6.92 Å². The van der Waals surface area contributed by atoms with Gasteiger partial charge in [-0.25, -0.2) is 4.99 Å². The number of aryl methyl sites for hydroxylation is 1. The Kier molecular flexibility index (Phi) is 8.73. The van der Waals surface area contributed by atoms with Gasteiger partial charge in [0.25, 0.3) is 0 Å². The summed E-state index contributed by atoms with van der Waals surface area (Å²) in [6, 6.07) is 14.6. The fraction of sp³-hybridized carbons (Fsp3) is 0.316. The highest BCUT2D eigenvalue weighted by molar-refractivity contribution is 14.0. The molecule has 0 saturated carbocycles. The lowest BCUT2D eigenvalue weighted by atomic mass is 10.1. The molecule has 0 bridgehead atoms. The zero-order chi connectivity index (χ0) is 18.2. The number of halogens is 1. The van der Waals surface area contributed by atoms with Crippen LogP contribution in [0.3, 0.4) is 0 Å². The van der Waals surface area contributed by atoms with Gasteiger partial charge >= 0.3 is 0 Å². The van der Waals surface area contributed by atoms with Crippen molar-refractivity contribution in [1.82, 2.24) is 25.4 Å². The summed E-state index contributed by atoms with van der Waals surface area (Å²) in [6.45, 7) is 4.00. The minimum absolute atomic E-state index is 0. The lowest BCUT2D eigenvalue weighted by Gasteiger charge is -2.12. The number of benzene rings is 1. The van der Waals surface area contributed by atoms with Crippen molar-refractivity contribution < 1.29 is 0 Å². The lowest BCUT2D eigenvalue weighted by molar-refractivity contribution is 0.750. The molecule has 2 heterocycles. The van der Waals surface area contributed by atoms with E-state index < -0.39 is 0 Å². The molecule has 0 spiro atoms. The summed E-state index contributed by atoms with van der Waals surface area (Å²) in [5.74, 6) is 2.53. The number of hydrogen-bond acceptors (Lipinski definition) is 4. The molecule has 0 radical (unpaired) electrons. The Hall–Kier alpha value is -1.94. The van der Waals surface area contributed by atoms with Crippen molar-refractivity contribution in [2.45, 2.75) is 26.4 Å². The van der Waals surface area contributed by atoms with Crippen molar-refractivity contribution in [1.29, 1.82) is 0 Å². The van der Waals surface area contributed by atoms with E-state index in [0.717, 1.165) is 37.1 Å². The number of guanidine groups is 1. The van der Waals surface area contributed by atoms with E-state index in [0.29, 0.717) is 6.54 Å². The number of nitrogens with zero attached hydrogens (tertiary/aromatic N) is 4. The predicted octanol–water partition coefficient (Wildman–Crippen LogP) is 3.28. The molecule has 3 aromatic rings. The fourth-order valence-electron chi connectivity index (χ4n) is 2.47. The van der Waals surface area contributed by atoms with Crippen molar-refractivity contribution in [3.63, 3.8) is 0 Å². The van der Waals surface area contributed by atoms with Crippen LogP contribution in [0.25, 0.3) is 0 Å². The van der Waals surface area contributed by atoms with Crippen LogP contribution in [0.5, 0.6) is 0 Å². The van der Waals surface area contributed by atoms with Gasteiger partial charge < -0.3 is 15.2 Å². The monoisotopic (exact) mass is 496 g/mol. The third-order valence-electron chi connectivity index (χ3n) is 4.12. The number of hydrogen-bond donors (Lipinski definition) is 2. The maximum absolute atomic E-state index is 4.67. The van der Waals surface area contributed by atoms with Crippen molar-refractivity contribution >= 4 is 41.3 Å². The molecular formula is C19H25IN6S. The van der Waals surface area contributed by atoms with Gasteiger partial charge in [0.05, 0.1) is 6.54 Å². The molecule has 0 aliphatic heterocycles. The fourth-order valence-corrected chi connectivity index (χ4v) is 3.11. The molecule has 2 aromatic heterocycles. The number of thiophene rings is 1. The Labute approximate surface area is 181 Å². The standard InChI is InChI=1S/C19H24N6S.HI/c1-15-23-24-18(25(15)2)14-22-19(21-13-17-9-6-12-26-17)20-11-10-16-7-4-3-5-8-16;/h3-9,12H,10-11,13-14H2,1-2H3,(H2,20,21,22);1H. The number of aromatic nitrogens is 3. The molecule has 0 aliphatic rings. The summed E-state index contributed by atoms with van der Waals surface area (Å²) < 4.78 is 1.96. The van der Waals surface area contributed by atoms with Gasteiger partial charge in [-0.2, -0.15) is 0 Å². The van der Waals surface area contributed by atoms with E-state index in [-0.39, 0.29) is 24.0 Å². The summed E-state index contributed by atoms with van der Waals surface area (Å²) in [6.07, 6.45) is 0.948. The molecule has 0 atom stereocenters. The first-order chi connectivity index (χ1) is 12.7. The van der Waals surface area contributed by atoms with Crippen LogP contribution in [0.15, 0.2) is 52.8 Å². The largest absolute Gasteiger partial charge is 0.356 e. The van der Waals surface area contributed by atoms with Crippen LogP contribution in [0.2, 0.25) is 0 Å². The molecular weight excluding hydrogens is 471 g/mol. The van der Waals surface area contributed by atoms with Crippen LogP contribution < -0.4 is 10.6 Å². The van der Waals surface area contributed by atoms with E-state index in [1.807, 2.05) is 24.6 Å². The molecule has 3 rings (SSSR count). The van der Waals surface area contributed by atoms with Gasteiger partial charge in [-0.1, -0.05) is 36.4 Å². The number of aliphatic imine (C=N–C) groups is 1. The maximum Gasteiger partial charge on any atom is 0.192 e. The van der Waals surface area contributed by atoms with Gasteiger partial charge in [0.2, 0.25) is 0 Å². The smallest absolute Gasteiger partial charge is 0.192 e. The second kappa shape index (κ2) is 11.0. The van der Waals surface area contributed by atoms with Gasteiger partial charge in [0, 0.05) is 18.5 Å². The van der Waals surface area contributed by atoms with Gasteiger partial charge in [0.15, 0.2) is 11.8 Å². The topological polar surface area (TPSA) is 67.1 Å². The third-order valence-corrected chi connectivity index (χ3v) is 5.00. The van der Waals surface area contributed by atoms with Crippen LogP contribution in [0.4, 0.5) is 0 Å². The zero-order valence-electron chi connectivity index (χ0n) is 15.6. The zero-order valence-corrected chi connectivity index (χ0v) is 18.7. The Morgan fingerprint density at radius 1 is 1.11 bits per heavy atom. The van der Waals surface area contributed by atoms with Crippen LogP contribution in [-0.4, -0.2) is 27.3 Å². The predicted molar refractivity (Wildman–Crippen MR) is 122 cm³/mol. The molecule has 2 N–H and O–H groups in total. The van der Waals surface area contributed by atoms with E-state index in [2.05, 4.69) is 67.6 Å². The van der Waals surface area contributed by atoms with Crippen LogP contribution in [-0.2, 0) is 26.6 Å².